The van der Waals surface area contributed by atoms with Crippen molar-refractivity contribution in [1.82, 2.24) is 0 Å². The first-order valence-corrected chi connectivity index (χ1v) is 10.9. The van der Waals surface area contributed by atoms with Gasteiger partial charge < -0.3 is 39.7 Å². The third-order valence-corrected chi connectivity index (χ3v) is 8.28. The molecule has 1 radical (unpaired) electrons. The fourth-order valence-corrected chi connectivity index (χ4v) is 7.53. The fourth-order valence-electron chi connectivity index (χ4n) is 3.86. The molecule has 0 bridgehead atoms. The van der Waals surface area contributed by atoms with Crippen molar-refractivity contribution in [3.05, 3.63) is 36.4 Å². The second-order valence-electron chi connectivity index (χ2n) is 7.85. The topological polar surface area (TPSA) is 41.5 Å². The molecule has 0 fully saturated rings. The minimum atomic E-state index is -2.06. The largest absolute Gasteiger partial charge is 3.00 e. The summed E-state index contributed by atoms with van der Waals surface area (Å²) < 4.78 is 6.17. The van der Waals surface area contributed by atoms with Crippen molar-refractivity contribution in [2.45, 2.75) is 32.9 Å². The molecule has 7 heteroatoms. The van der Waals surface area contributed by atoms with Gasteiger partial charge in [0.05, 0.1) is 13.2 Å². The van der Waals surface area contributed by atoms with Gasteiger partial charge in [0.1, 0.15) is 0 Å². The maximum absolute atomic E-state index is 9.20. The van der Waals surface area contributed by atoms with Crippen LogP contribution in [-0.4, -0.2) is 32.2 Å². The molecule has 0 saturated heterocycles. The number of benzene rings is 2. The average molecular weight is 457 g/mol. The molecular formula is C20H24Cl2NO2SiTi. The van der Waals surface area contributed by atoms with E-state index >= 15 is 0 Å². The number of aliphatic hydroxyl groups is 1. The Hall–Kier alpha value is -0.459. The number of anilines is 1. The summed E-state index contributed by atoms with van der Waals surface area (Å²) in [4.78, 5) is 0. The second kappa shape index (κ2) is 8.50. The first kappa shape index (κ1) is 24.6. The molecule has 1 heterocycles. The number of hydrogen-bond donors (Lipinski definition) is 2. The molecule has 0 amide bonds. The predicted molar refractivity (Wildman–Crippen MR) is 104 cm³/mol. The van der Waals surface area contributed by atoms with E-state index in [9.17, 15) is 5.11 Å². The van der Waals surface area contributed by atoms with E-state index in [2.05, 4.69) is 69.0 Å². The van der Waals surface area contributed by atoms with E-state index in [4.69, 9.17) is 4.43 Å². The molecule has 2 N–H and O–H groups in total. The van der Waals surface area contributed by atoms with E-state index in [0.717, 1.165) is 0 Å². The van der Waals surface area contributed by atoms with Crippen LogP contribution in [0, 0.1) is 0 Å². The number of hydrogen-bond acceptors (Lipinski definition) is 3. The Morgan fingerprint density at radius 2 is 1.78 bits per heavy atom. The number of nitrogens with one attached hydrogen (secondary N) is 1. The van der Waals surface area contributed by atoms with Crippen LogP contribution in [0.2, 0.25) is 6.55 Å². The normalized spacial score (nSPS) is 17.5. The molecule has 3 nitrogen and oxygen atoms in total. The first-order valence-electron chi connectivity index (χ1n) is 8.54. The van der Waals surface area contributed by atoms with Gasteiger partial charge in [-0.25, -0.2) is 0 Å². The number of aliphatic hydroxyl groups excluding tert-OH is 1. The average Bonchev–Trinajstić information content (AvgIpc) is 2.96. The molecular weight excluding hydrogens is 433 g/mol. The van der Waals surface area contributed by atoms with Gasteiger partial charge in [-0.1, -0.05) is 29.5 Å². The van der Waals surface area contributed by atoms with Crippen LogP contribution >= 0.6 is 0 Å². The summed E-state index contributed by atoms with van der Waals surface area (Å²) in [6.45, 7) is 9.28. The zero-order chi connectivity index (χ0) is 17.1. The molecule has 143 valence electrons. The van der Waals surface area contributed by atoms with E-state index in [1.54, 1.807) is 0 Å². The van der Waals surface area contributed by atoms with E-state index in [-0.39, 0.29) is 58.7 Å². The van der Waals surface area contributed by atoms with Crippen molar-refractivity contribution in [1.29, 1.82) is 0 Å². The third-order valence-electron chi connectivity index (χ3n) is 4.80. The van der Waals surface area contributed by atoms with Gasteiger partial charge in [0, 0.05) is 11.2 Å². The minimum Gasteiger partial charge on any atom is -1.00 e. The van der Waals surface area contributed by atoms with Crippen LogP contribution in [0.5, 0.6) is 0 Å². The van der Waals surface area contributed by atoms with Gasteiger partial charge in [-0.3, -0.25) is 0 Å². The van der Waals surface area contributed by atoms with Crippen molar-refractivity contribution in [3.63, 3.8) is 0 Å². The Labute approximate surface area is 189 Å². The van der Waals surface area contributed by atoms with Crippen molar-refractivity contribution >= 4 is 45.9 Å². The summed E-state index contributed by atoms with van der Waals surface area (Å²) in [5.74, 6) is 0. The number of rotatable bonds is 4. The van der Waals surface area contributed by atoms with Gasteiger partial charge >= 0.3 is 21.7 Å². The van der Waals surface area contributed by atoms with Crippen molar-refractivity contribution in [3.8, 4) is 0 Å². The van der Waals surface area contributed by atoms with Crippen molar-refractivity contribution in [2.24, 2.45) is 0 Å². The van der Waals surface area contributed by atoms with Gasteiger partial charge in [0.15, 0.2) is 0 Å². The van der Waals surface area contributed by atoms with Gasteiger partial charge in [-0.2, -0.15) is 0 Å². The van der Waals surface area contributed by atoms with Crippen molar-refractivity contribution in [2.75, 3.05) is 18.5 Å². The monoisotopic (exact) mass is 456 g/mol. The van der Waals surface area contributed by atoms with Crippen LogP contribution < -0.4 is 40.5 Å². The Bertz CT molecular complexity index is 954. The molecule has 4 rings (SSSR count). The molecule has 1 atom stereocenters. The Morgan fingerprint density at radius 1 is 1.11 bits per heavy atom. The SMILES string of the molecule is CC(C)(C)Nc1cc2c([cH-]c3ccccc32)c2c1[Si]2(C)OCCO.[Cl-].[Cl-].[Ti+3]. The van der Waals surface area contributed by atoms with E-state index < -0.39 is 8.32 Å². The van der Waals surface area contributed by atoms with Crippen LogP contribution in [-0.2, 0) is 26.1 Å². The Kier molecular flexibility index (Phi) is 7.74. The third kappa shape index (κ3) is 4.13. The molecule has 1 aliphatic heterocycles. The molecule has 0 spiro atoms. The zero-order valence-electron chi connectivity index (χ0n) is 16.0. The molecule has 0 aromatic heterocycles. The first-order chi connectivity index (χ1) is 11.3. The summed E-state index contributed by atoms with van der Waals surface area (Å²) >= 11 is 0. The molecule has 0 aliphatic carbocycles. The smallest absolute Gasteiger partial charge is 1.00 e. The van der Waals surface area contributed by atoms with Crippen LogP contribution in [0.15, 0.2) is 36.4 Å². The zero-order valence-corrected chi connectivity index (χ0v) is 20.1. The molecule has 1 aliphatic rings. The standard InChI is InChI=1S/C20H24NO2Si.2ClH.Ti/c1-20(2,3)21-17-12-15-14-8-6-5-7-13(14)11-16(15)18-19(17)24(18,4)23-10-9-22;;;/h5-8,11-12,21-22H,9-10H2,1-4H3;2*1H;/q-1;;;+3/p-2. The van der Waals surface area contributed by atoms with Crippen LogP contribution in [0.4, 0.5) is 5.69 Å². The molecule has 0 saturated carbocycles. The fraction of sp³-hybridized carbons (Fsp3) is 0.350. The number of halogens is 2. The summed E-state index contributed by atoms with van der Waals surface area (Å²) in [6.07, 6.45) is 0. The summed E-state index contributed by atoms with van der Waals surface area (Å²) in [7, 11) is -2.06. The molecule has 1 unspecified atom stereocenters. The van der Waals surface area contributed by atoms with Crippen LogP contribution in [0.25, 0.3) is 21.5 Å². The maximum atomic E-state index is 9.20. The van der Waals surface area contributed by atoms with Crippen molar-refractivity contribution < 1.29 is 56.1 Å². The van der Waals surface area contributed by atoms with Gasteiger partial charge in [-0.05, 0) is 32.5 Å². The van der Waals surface area contributed by atoms with Gasteiger partial charge in [-0.15, -0.1) is 33.7 Å². The Balaban J connectivity index is 0.00000121. The molecule has 3 aromatic rings. The number of fused-ring (bicyclic) bond motifs is 5. The van der Waals surface area contributed by atoms with Gasteiger partial charge in [0.2, 0.25) is 8.32 Å². The summed E-state index contributed by atoms with van der Waals surface area (Å²) in [6, 6.07) is 13.2. The molecule has 27 heavy (non-hydrogen) atoms. The van der Waals surface area contributed by atoms with E-state index in [1.165, 1.54) is 37.6 Å². The second-order valence-corrected chi connectivity index (χ2v) is 11.2. The quantitative estimate of drug-likeness (QED) is 0.323. The maximum Gasteiger partial charge on any atom is 3.00 e. The summed E-state index contributed by atoms with van der Waals surface area (Å²) in [5, 5.41) is 20.9. The predicted octanol–water partition coefficient (Wildman–Crippen LogP) is -3.06. The summed E-state index contributed by atoms with van der Waals surface area (Å²) in [5.41, 5.74) is 1.20. The molecule has 3 aromatic carbocycles. The van der Waals surface area contributed by atoms with E-state index in [1.807, 2.05) is 0 Å². The van der Waals surface area contributed by atoms with E-state index in [0.29, 0.717) is 6.61 Å². The van der Waals surface area contributed by atoms with Crippen LogP contribution in [0.1, 0.15) is 20.8 Å². The van der Waals surface area contributed by atoms with Crippen LogP contribution in [0.3, 0.4) is 0 Å². The van der Waals surface area contributed by atoms with Gasteiger partial charge in [0.25, 0.3) is 0 Å². The Morgan fingerprint density at radius 3 is 2.41 bits per heavy atom. The minimum absolute atomic E-state index is 0.